The highest BCUT2D eigenvalue weighted by Gasteiger charge is 2.20. The maximum atomic E-state index is 12.6. The van der Waals surface area contributed by atoms with Crippen LogP contribution >= 0.6 is 12.4 Å². The zero-order chi connectivity index (χ0) is 17.3. The Labute approximate surface area is 152 Å². The molecule has 1 aromatic carbocycles. The van der Waals surface area contributed by atoms with E-state index in [-0.39, 0.29) is 24.4 Å². The van der Waals surface area contributed by atoms with Crippen molar-refractivity contribution < 1.29 is 4.79 Å². The number of amides is 1. The first-order chi connectivity index (χ1) is 11.5. The van der Waals surface area contributed by atoms with Gasteiger partial charge in [-0.15, -0.1) is 12.4 Å². The second-order valence-electron chi connectivity index (χ2n) is 6.11. The normalized spacial score (nSPS) is 12.2. The average molecular weight is 363 g/mol. The van der Waals surface area contributed by atoms with E-state index in [0.717, 1.165) is 22.2 Å². The lowest BCUT2D eigenvalue weighted by Gasteiger charge is -2.15. The van der Waals surface area contributed by atoms with Gasteiger partial charge in [-0.3, -0.25) is 14.2 Å². The maximum absolute atomic E-state index is 12.6. The minimum Gasteiger partial charge on any atom is -0.324 e. The molecule has 0 bridgehead atoms. The molecule has 1 unspecified atom stereocenters. The van der Waals surface area contributed by atoms with Crippen molar-refractivity contribution in [3.8, 4) is 0 Å². The number of benzene rings is 1. The molecule has 8 heteroatoms. The molecule has 134 valence electrons. The third-order valence-corrected chi connectivity index (χ3v) is 3.96. The van der Waals surface area contributed by atoms with Crippen molar-refractivity contribution in [3.05, 3.63) is 42.4 Å². The lowest BCUT2D eigenvalue weighted by molar-refractivity contribution is -0.118. The highest BCUT2D eigenvalue weighted by atomic mass is 35.5. The van der Waals surface area contributed by atoms with Gasteiger partial charge in [-0.1, -0.05) is 0 Å². The fourth-order valence-corrected chi connectivity index (χ4v) is 2.78. The first-order valence-electron chi connectivity index (χ1n) is 7.93. The first-order valence-corrected chi connectivity index (χ1v) is 7.93. The highest BCUT2D eigenvalue weighted by molar-refractivity contribution is 5.97. The third kappa shape index (κ3) is 3.83. The number of carbonyl (C=O) groups excluding carboxylic acids is 1. The number of hydrogen-bond acceptors (Lipinski definition) is 4. The topological polar surface area (TPSA) is 76.8 Å². The number of rotatable bonds is 5. The van der Waals surface area contributed by atoms with E-state index in [2.05, 4.69) is 34.7 Å². The van der Waals surface area contributed by atoms with Gasteiger partial charge in [0.05, 0.1) is 17.9 Å². The summed E-state index contributed by atoms with van der Waals surface area (Å²) < 4.78 is 3.63. The Bertz CT molecular complexity index is 869. The van der Waals surface area contributed by atoms with Gasteiger partial charge in [0.2, 0.25) is 5.91 Å². The lowest BCUT2D eigenvalue weighted by atomic mass is 10.1. The Morgan fingerprint density at radius 2 is 1.96 bits per heavy atom. The molecule has 0 aliphatic heterocycles. The van der Waals surface area contributed by atoms with E-state index < -0.39 is 6.04 Å². The van der Waals surface area contributed by atoms with Crippen LogP contribution < -0.4 is 10.6 Å². The van der Waals surface area contributed by atoms with Gasteiger partial charge >= 0.3 is 0 Å². The minimum absolute atomic E-state index is 0. The van der Waals surface area contributed by atoms with E-state index in [1.807, 2.05) is 42.3 Å². The molecule has 0 fully saturated rings. The van der Waals surface area contributed by atoms with Crippen LogP contribution in [0.25, 0.3) is 10.9 Å². The van der Waals surface area contributed by atoms with Crippen LogP contribution in [0, 0.1) is 0 Å². The van der Waals surface area contributed by atoms with E-state index in [1.54, 1.807) is 17.9 Å². The van der Waals surface area contributed by atoms with Crippen molar-refractivity contribution in [2.75, 3.05) is 12.4 Å². The van der Waals surface area contributed by atoms with Crippen LogP contribution in [0.15, 0.2) is 36.8 Å². The highest BCUT2D eigenvalue weighted by Crippen LogP contribution is 2.23. The van der Waals surface area contributed by atoms with Crippen LogP contribution in [0.2, 0.25) is 0 Å². The molecule has 0 radical (unpaired) electrons. The summed E-state index contributed by atoms with van der Waals surface area (Å²) in [5.41, 5.74) is 2.58. The smallest absolute Gasteiger partial charge is 0.246 e. The zero-order valence-corrected chi connectivity index (χ0v) is 15.5. The van der Waals surface area contributed by atoms with Crippen molar-refractivity contribution in [2.24, 2.45) is 7.05 Å². The number of likely N-dealkylation sites (N-methyl/N-ethyl adjacent to an activating group) is 1. The van der Waals surface area contributed by atoms with Crippen molar-refractivity contribution in [3.63, 3.8) is 0 Å². The molecule has 7 nitrogen and oxygen atoms in total. The van der Waals surface area contributed by atoms with Crippen molar-refractivity contribution in [2.45, 2.75) is 25.9 Å². The molecule has 2 heterocycles. The summed E-state index contributed by atoms with van der Waals surface area (Å²) in [6.45, 7) is 4.16. The molecule has 0 aliphatic carbocycles. The maximum Gasteiger partial charge on any atom is 0.246 e. The fraction of sp³-hybridized carbons (Fsp3) is 0.353. The predicted octanol–water partition coefficient (Wildman–Crippen LogP) is 2.67. The zero-order valence-electron chi connectivity index (χ0n) is 14.7. The second kappa shape index (κ2) is 7.67. The van der Waals surface area contributed by atoms with Gasteiger partial charge in [0, 0.05) is 35.9 Å². The number of nitrogens with one attached hydrogen (secondary N) is 2. The molecule has 1 amide bonds. The number of carbonyl (C=O) groups is 1. The number of anilines is 1. The largest absolute Gasteiger partial charge is 0.324 e. The summed E-state index contributed by atoms with van der Waals surface area (Å²) in [6, 6.07) is 5.62. The quantitative estimate of drug-likeness (QED) is 0.731. The molecule has 0 saturated carbocycles. The second-order valence-corrected chi connectivity index (χ2v) is 6.11. The molecule has 25 heavy (non-hydrogen) atoms. The number of aryl methyl sites for hydroxylation is 1. The summed E-state index contributed by atoms with van der Waals surface area (Å²) in [7, 11) is 3.59. The summed E-state index contributed by atoms with van der Waals surface area (Å²) >= 11 is 0. The summed E-state index contributed by atoms with van der Waals surface area (Å²) in [5, 5.41) is 15.6. The number of nitrogens with zero attached hydrogens (tertiary/aromatic N) is 4. The van der Waals surface area contributed by atoms with Crippen LogP contribution in [-0.4, -0.2) is 32.5 Å². The van der Waals surface area contributed by atoms with Crippen molar-refractivity contribution >= 4 is 34.9 Å². The van der Waals surface area contributed by atoms with Crippen LogP contribution in [0.3, 0.4) is 0 Å². The fourth-order valence-electron chi connectivity index (χ4n) is 2.78. The Hall–Kier alpha value is -2.38. The average Bonchev–Trinajstić information content (AvgIpc) is 3.14. The van der Waals surface area contributed by atoms with E-state index in [4.69, 9.17) is 0 Å². The van der Waals surface area contributed by atoms with Crippen molar-refractivity contribution in [1.82, 2.24) is 24.9 Å². The third-order valence-electron chi connectivity index (χ3n) is 3.96. The molecular weight excluding hydrogens is 340 g/mol. The van der Waals surface area contributed by atoms with Gasteiger partial charge in [-0.25, -0.2) is 0 Å². The molecule has 2 aromatic heterocycles. The van der Waals surface area contributed by atoms with Crippen LogP contribution in [0.5, 0.6) is 0 Å². The van der Waals surface area contributed by atoms with Crippen LogP contribution in [-0.2, 0) is 11.8 Å². The number of aromatic nitrogens is 4. The molecule has 3 aromatic rings. The summed E-state index contributed by atoms with van der Waals surface area (Å²) in [4.78, 5) is 12.6. The Balaban J connectivity index is 0.00000225. The molecule has 1 atom stereocenters. The predicted molar refractivity (Wildman–Crippen MR) is 101 cm³/mol. The molecule has 0 saturated heterocycles. The monoisotopic (exact) mass is 362 g/mol. The van der Waals surface area contributed by atoms with E-state index in [1.165, 1.54) is 0 Å². The van der Waals surface area contributed by atoms with Crippen LogP contribution in [0.1, 0.15) is 31.5 Å². The molecular formula is C17H23ClN6O. The molecule has 0 spiro atoms. The molecule has 0 aliphatic rings. The number of hydrogen-bond donors (Lipinski definition) is 2. The van der Waals surface area contributed by atoms with Gasteiger partial charge in [-0.05, 0) is 39.1 Å². The SMILES string of the molecule is CNC(C(=O)Nc1ccc2cnn(C(C)C)c2c1)c1cnn(C)c1.Cl. The Kier molecular flexibility index (Phi) is 5.81. The van der Waals surface area contributed by atoms with Gasteiger partial charge in [0.25, 0.3) is 0 Å². The van der Waals surface area contributed by atoms with E-state index in [0.29, 0.717) is 0 Å². The Morgan fingerprint density at radius 1 is 1.20 bits per heavy atom. The van der Waals surface area contributed by atoms with E-state index >= 15 is 0 Å². The van der Waals surface area contributed by atoms with Crippen LogP contribution in [0.4, 0.5) is 5.69 Å². The summed E-state index contributed by atoms with van der Waals surface area (Å²) in [5.74, 6) is -0.125. The number of halogens is 1. The number of fused-ring (bicyclic) bond motifs is 1. The molecule has 3 rings (SSSR count). The van der Waals surface area contributed by atoms with Gasteiger partial charge in [0.15, 0.2) is 0 Å². The van der Waals surface area contributed by atoms with Gasteiger partial charge in [-0.2, -0.15) is 10.2 Å². The first kappa shape index (κ1) is 19.0. The van der Waals surface area contributed by atoms with E-state index in [9.17, 15) is 4.79 Å². The minimum atomic E-state index is -0.454. The molecule has 2 N–H and O–H groups in total. The van der Waals surface area contributed by atoms with Gasteiger partial charge in [0.1, 0.15) is 6.04 Å². The summed E-state index contributed by atoms with van der Waals surface area (Å²) in [6.07, 6.45) is 5.36. The standard InChI is InChI=1S/C17H22N6O.ClH/c1-11(2)23-15-7-14(6-5-12(15)8-20-23)21-17(24)16(18-3)13-9-19-22(4)10-13;/h5-11,16,18H,1-4H3,(H,21,24);1H. The lowest BCUT2D eigenvalue weighted by Crippen LogP contribution is -2.30. The van der Waals surface area contributed by atoms with Crippen molar-refractivity contribution in [1.29, 1.82) is 0 Å². The van der Waals surface area contributed by atoms with Gasteiger partial charge < -0.3 is 10.6 Å². The Morgan fingerprint density at radius 3 is 2.56 bits per heavy atom.